The first-order chi connectivity index (χ1) is 6.69. The molecule has 14 heavy (non-hydrogen) atoms. The second-order valence-electron chi connectivity index (χ2n) is 4.79. The summed E-state index contributed by atoms with van der Waals surface area (Å²) in [6.07, 6.45) is 5.42. The summed E-state index contributed by atoms with van der Waals surface area (Å²) in [6, 6.07) is 1.48. The highest BCUT2D eigenvalue weighted by molar-refractivity contribution is 4.86. The molecule has 1 saturated carbocycles. The lowest BCUT2D eigenvalue weighted by molar-refractivity contribution is 0.262. The maximum absolute atomic E-state index is 3.72. The molecule has 0 aromatic heterocycles. The average Bonchev–Trinajstić information content (AvgIpc) is 2.95. The first-order valence-electron chi connectivity index (χ1n) is 6.08. The fourth-order valence-corrected chi connectivity index (χ4v) is 2.12. The average molecular weight is 198 g/mol. The van der Waals surface area contributed by atoms with E-state index in [0.717, 1.165) is 18.5 Å². The van der Waals surface area contributed by atoms with Crippen LogP contribution >= 0.6 is 0 Å². The molecule has 0 saturated heterocycles. The molecule has 1 aliphatic carbocycles. The van der Waals surface area contributed by atoms with Gasteiger partial charge < -0.3 is 10.2 Å². The minimum atomic E-state index is 0.697. The molecule has 0 spiro atoms. The molecule has 1 fully saturated rings. The first-order valence-corrected chi connectivity index (χ1v) is 6.08. The monoisotopic (exact) mass is 198 g/mol. The Balaban J connectivity index is 2.21. The highest BCUT2D eigenvalue weighted by Gasteiger charge is 2.29. The summed E-state index contributed by atoms with van der Waals surface area (Å²) in [5, 5.41) is 3.72. The van der Waals surface area contributed by atoms with E-state index in [1.807, 2.05) is 0 Å². The predicted molar refractivity (Wildman–Crippen MR) is 62.6 cm³/mol. The zero-order chi connectivity index (χ0) is 10.6. The second kappa shape index (κ2) is 5.72. The van der Waals surface area contributed by atoms with Gasteiger partial charge in [0.2, 0.25) is 0 Å². The number of hydrogen-bond acceptors (Lipinski definition) is 2. The molecule has 1 N–H and O–H groups in total. The fourth-order valence-electron chi connectivity index (χ4n) is 2.12. The van der Waals surface area contributed by atoms with Gasteiger partial charge >= 0.3 is 0 Å². The molecule has 0 aromatic rings. The lowest BCUT2D eigenvalue weighted by Gasteiger charge is -2.26. The van der Waals surface area contributed by atoms with Gasteiger partial charge in [0.1, 0.15) is 0 Å². The molecule has 0 radical (unpaired) electrons. The van der Waals surface area contributed by atoms with E-state index in [0.29, 0.717) is 6.04 Å². The maximum atomic E-state index is 3.72. The molecule has 0 aliphatic heterocycles. The van der Waals surface area contributed by atoms with Crippen LogP contribution in [0.25, 0.3) is 0 Å². The summed E-state index contributed by atoms with van der Waals surface area (Å²) < 4.78 is 0. The third-order valence-electron chi connectivity index (χ3n) is 3.45. The van der Waals surface area contributed by atoms with Crippen LogP contribution in [0.15, 0.2) is 0 Å². The minimum absolute atomic E-state index is 0.697. The van der Waals surface area contributed by atoms with Gasteiger partial charge in [0.05, 0.1) is 0 Å². The highest BCUT2D eigenvalue weighted by Crippen LogP contribution is 2.33. The molecule has 1 rings (SSSR count). The van der Waals surface area contributed by atoms with Gasteiger partial charge in [-0.1, -0.05) is 13.8 Å². The van der Waals surface area contributed by atoms with E-state index in [9.17, 15) is 0 Å². The van der Waals surface area contributed by atoms with Crippen LogP contribution in [0.3, 0.4) is 0 Å². The Labute approximate surface area is 89.1 Å². The van der Waals surface area contributed by atoms with Crippen molar-refractivity contribution in [2.75, 3.05) is 20.6 Å². The third-order valence-corrected chi connectivity index (χ3v) is 3.45. The van der Waals surface area contributed by atoms with E-state index in [2.05, 4.69) is 38.2 Å². The van der Waals surface area contributed by atoms with Crippen molar-refractivity contribution in [1.29, 1.82) is 0 Å². The van der Waals surface area contributed by atoms with Crippen molar-refractivity contribution in [3.8, 4) is 0 Å². The topological polar surface area (TPSA) is 15.3 Å². The number of nitrogens with one attached hydrogen (secondary N) is 1. The van der Waals surface area contributed by atoms with Gasteiger partial charge in [0.15, 0.2) is 0 Å². The van der Waals surface area contributed by atoms with Gasteiger partial charge in [-0.05, 0) is 45.7 Å². The molecule has 2 atom stereocenters. The summed E-state index contributed by atoms with van der Waals surface area (Å²) in [5.41, 5.74) is 0. The van der Waals surface area contributed by atoms with E-state index in [1.54, 1.807) is 0 Å². The van der Waals surface area contributed by atoms with Crippen LogP contribution in [0.5, 0.6) is 0 Å². The van der Waals surface area contributed by atoms with E-state index in [-0.39, 0.29) is 0 Å². The zero-order valence-electron chi connectivity index (χ0n) is 10.2. The number of rotatable bonds is 7. The zero-order valence-corrected chi connectivity index (χ0v) is 10.2. The van der Waals surface area contributed by atoms with E-state index >= 15 is 0 Å². The molecule has 0 aromatic carbocycles. The van der Waals surface area contributed by atoms with Crippen molar-refractivity contribution in [3.05, 3.63) is 0 Å². The van der Waals surface area contributed by atoms with Gasteiger partial charge in [-0.25, -0.2) is 0 Å². The Kier molecular flexibility index (Phi) is 4.90. The number of nitrogens with zero attached hydrogens (tertiary/aromatic N) is 1. The van der Waals surface area contributed by atoms with Crippen LogP contribution in [0, 0.1) is 5.92 Å². The van der Waals surface area contributed by atoms with E-state index < -0.39 is 0 Å². The normalized spacial score (nSPS) is 21.2. The minimum Gasteiger partial charge on any atom is -0.312 e. The molecule has 0 amide bonds. The summed E-state index contributed by atoms with van der Waals surface area (Å²) >= 11 is 0. The van der Waals surface area contributed by atoms with Crippen molar-refractivity contribution in [3.63, 3.8) is 0 Å². The Bertz CT molecular complexity index is 142. The van der Waals surface area contributed by atoms with Crippen LogP contribution in [-0.2, 0) is 0 Å². The maximum Gasteiger partial charge on any atom is 0.0212 e. The second-order valence-corrected chi connectivity index (χ2v) is 4.79. The SMILES string of the molecule is CCC(NCC(CC)N(C)C)C1CC1. The standard InChI is InChI=1S/C12H26N2/c1-5-11(14(3)4)9-13-12(6-2)10-7-8-10/h10-13H,5-9H2,1-4H3. The van der Waals surface area contributed by atoms with Crippen LogP contribution < -0.4 is 5.32 Å². The first kappa shape index (κ1) is 12.0. The Morgan fingerprint density at radius 1 is 1.21 bits per heavy atom. The predicted octanol–water partition coefficient (Wildman–Crippen LogP) is 2.10. The van der Waals surface area contributed by atoms with Crippen molar-refractivity contribution in [1.82, 2.24) is 10.2 Å². The molecule has 0 bridgehead atoms. The van der Waals surface area contributed by atoms with E-state index in [1.165, 1.54) is 25.7 Å². The van der Waals surface area contributed by atoms with Crippen molar-refractivity contribution < 1.29 is 0 Å². The lowest BCUT2D eigenvalue weighted by Crippen LogP contribution is -2.42. The van der Waals surface area contributed by atoms with Gasteiger partial charge in [-0.2, -0.15) is 0 Å². The smallest absolute Gasteiger partial charge is 0.0212 e. The quantitative estimate of drug-likeness (QED) is 0.674. The van der Waals surface area contributed by atoms with Crippen molar-refractivity contribution in [2.24, 2.45) is 5.92 Å². The van der Waals surface area contributed by atoms with Crippen LogP contribution in [0.1, 0.15) is 39.5 Å². The van der Waals surface area contributed by atoms with Crippen LogP contribution in [0.4, 0.5) is 0 Å². The molecule has 2 unspecified atom stereocenters. The van der Waals surface area contributed by atoms with Crippen molar-refractivity contribution in [2.45, 2.75) is 51.6 Å². The Morgan fingerprint density at radius 2 is 1.86 bits per heavy atom. The lowest BCUT2D eigenvalue weighted by atomic mass is 10.1. The molecule has 84 valence electrons. The van der Waals surface area contributed by atoms with Gasteiger partial charge in [-0.15, -0.1) is 0 Å². The van der Waals surface area contributed by atoms with Crippen LogP contribution in [-0.4, -0.2) is 37.6 Å². The number of hydrogen-bond donors (Lipinski definition) is 1. The Morgan fingerprint density at radius 3 is 2.21 bits per heavy atom. The molecule has 2 nitrogen and oxygen atoms in total. The summed E-state index contributed by atoms with van der Waals surface area (Å²) in [6.45, 7) is 5.72. The molecular weight excluding hydrogens is 172 g/mol. The molecular formula is C12H26N2. The fraction of sp³-hybridized carbons (Fsp3) is 1.00. The Hall–Kier alpha value is -0.0800. The number of likely N-dealkylation sites (N-methyl/N-ethyl adjacent to an activating group) is 1. The molecule has 0 heterocycles. The highest BCUT2D eigenvalue weighted by atomic mass is 15.1. The summed E-state index contributed by atoms with van der Waals surface area (Å²) in [4.78, 5) is 2.33. The molecule has 2 heteroatoms. The summed E-state index contributed by atoms with van der Waals surface area (Å²) in [5.74, 6) is 0.986. The van der Waals surface area contributed by atoms with Crippen molar-refractivity contribution >= 4 is 0 Å². The van der Waals surface area contributed by atoms with E-state index in [4.69, 9.17) is 0 Å². The van der Waals surface area contributed by atoms with Gasteiger partial charge in [0, 0.05) is 18.6 Å². The van der Waals surface area contributed by atoms with Gasteiger partial charge in [-0.3, -0.25) is 0 Å². The largest absolute Gasteiger partial charge is 0.312 e. The third kappa shape index (κ3) is 3.58. The van der Waals surface area contributed by atoms with Crippen LogP contribution in [0.2, 0.25) is 0 Å². The van der Waals surface area contributed by atoms with Gasteiger partial charge in [0.25, 0.3) is 0 Å². The molecule has 1 aliphatic rings. The summed E-state index contributed by atoms with van der Waals surface area (Å²) in [7, 11) is 4.35.